The molecule has 21 heavy (non-hydrogen) atoms. The molecule has 1 aliphatic heterocycles. The van der Waals surface area contributed by atoms with Gasteiger partial charge in [-0.05, 0) is 90.2 Å². The van der Waals surface area contributed by atoms with Crippen LogP contribution in [0.15, 0.2) is 12.1 Å². The van der Waals surface area contributed by atoms with Gasteiger partial charge in [0, 0.05) is 28.8 Å². The van der Waals surface area contributed by atoms with Gasteiger partial charge >= 0.3 is 0 Å². The van der Waals surface area contributed by atoms with Crippen LogP contribution >= 0.6 is 45.2 Å². The zero-order chi connectivity index (χ0) is 15.5. The van der Waals surface area contributed by atoms with Gasteiger partial charge in [0.05, 0.1) is 9.17 Å². The van der Waals surface area contributed by atoms with Crippen molar-refractivity contribution in [3.05, 3.63) is 24.8 Å². The van der Waals surface area contributed by atoms with Crippen molar-refractivity contribution in [3.63, 3.8) is 0 Å². The molecule has 4 nitrogen and oxygen atoms in total. The maximum absolute atomic E-state index is 10.5. The predicted octanol–water partition coefficient (Wildman–Crippen LogP) is 2.54. The molecule has 0 saturated carbocycles. The molecule has 2 rings (SSSR count). The highest BCUT2D eigenvalue weighted by Crippen LogP contribution is 2.27. The second kappa shape index (κ2) is 7.76. The van der Waals surface area contributed by atoms with Gasteiger partial charge < -0.3 is 20.4 Å². The van der Waals surface area contributed by atoms with Gasteiger partial charge in [-0.3, -0.25) is 0 Å². The van der Waals surface area contributed by atoms with Crippen molar-refractivity contribution in [3.8, 4) is 5.75 Å². The lowest BCUT2D eigenvalue weighted by atomic mass is 9.88. The number of phenols is 1. The molecule has 1 fully saturated rings. The van der Waals surface area contributed by atoms with Crippen molar-refractivity contribution in [2.75, 3.05) is 26.7 Å². The molecule has 0 spiro atoms. The van der Waals surface area contributed by atoms with Gasteiger partial charge in [-0.15, -0.1) is 0 Å². The number of aromatic hydroxyl groups is 1. The summed E-state index contributed by atoms with van der Waals surface area (Å²) in [7, 11) is 2.10. The van der Waals surface area contributed by atoms with Crippen LogP contribution in [0.5, 0.6) is 5.75 Å². The number of nitrogens with one attached hydrogen (secondary N) is 1. The summed E-state index contributed by atoms with van der Waals surface area (Å²) in [6.45, 7) is 3.33. The van der Waals surface area contributed by atoms with E-state index in [4.69, 9.17) is 0 Å². The summed E-state index contributed by atoms with van der Waals surface area (Å²) in [5, 5.41) is 23.9. The molecule has 1 heterocycles. The average Bonchev–Trinajstić information content (AvgIpc) is 2.44. The number of nitrogens with zero attached hydrogens (tertiary/aromatic N) is 1. The largest absolute Gasteiger partial charge is 0.507 e. The van der Waals surface area contributed by atoms with E-state index >= 15 is 0 Å². The molecule has 1 aromatic carbocycles. The van der Waals surface area contributed by atoms with Crippen LogP contribution in [-0.4, -0.2) is 47.4 Å². The molecule has 0 aromatic heterocycles. The van der Waals surface area contributed by atoms with E-state index in [1.165, 1.54) is 0 Å². The van der Waals surface area contributed by atoms with Gasteiger partial charge in [-0.1, -0.05) is 0 Å². The Hall–Kier alpha value is 0.360. The number of halogens is 2. The SMILES string of the molecule is CN1CCC(O)(CCNCc2cc(I)cc(I)c2O)CC1. The molecule has 0 bridgehead atoms. The van der Waals surface area contributed by atoms with E-state index in [9.17, 15) is 10.2 Å². The average molecular weight is 516 g/mol. The Bertz CT molecular complexity index is 489. The third kappa shape index (κ3) is 5.19. The third-order valence-corrected chi connectivity index (χ3v) is 5.55. The maximum Gasteiger partial charge on any atom is 0.133 e. The van der Waals surface area contributed by atoms with Crippen molar-refractivity contribution in [2.45, 2.75) is 31.4 Å². The van der Waals surface area contributed by atoms with Crippen molar-refractivity contribution in [1.82, 2.24) is 10.2 Å². The zero-order valence-corrected chi connectivity index (χ0v) is 16.5. The highest BCUT2D eigenvalue weighted by Gasteiger charge is 2.30. The van der Waals surface area contributed by atoms with Gasteiger partial charge in [0.25, 0.3) is 0 Å². The van der Waals surface area contributed by atoms with Crippen LogP contribution in [0.25, 0.3) is 0 Å². The molecule has 0 aliphatic carbocycles. The topological polar surface area (TPSA) is 55.7 Å². The minimum atomic E-state index is -0.527. The summed E-state index contributed by atoms with van der Waals surface area (Å²) in [4.78, 5) is 2.26. The summed E-state index contributed by atoms with van der Waals surface area (Å²) in [6, 6.07) is 3.95. The first-order valence-corrected chi connectivity index (χ1v) is 9.34. The second-order valence-electron chi connectivity index (χ2n) is 5.85. The Balaban J connectivity index is 1.80. The molecule has 1 saturated heterocycles. The van der Waals surface area contributed by atoms with Gasteiger partial charge in [0.15, 0.2) is 0 Å². The van der Waals surface area contributed by atoms with Crippen LogP contribution in [-0.2, 0) is 6.54 Å². The molecule has 0 unspecified atom stereocenters. The van der Waals surface area contributed by atoms with E-state index in [1.807, 2.05) is 12.1 Å². The number of phenolic OH excluding ortho intramolecular Hbond substituents is 1. The van der Waals surface area contributed by atoms with Crippen LogP contribution in [0, 0.1) is 7.14 Å². The third-order valence-electron chi connectivity index (χ3n) is 4.11. The molecule has 0 amide bonds. The van der Waals surface area contributed by atoms with Crippen LogP contribution < -0.4 is 5.32 Å². The lowest BCUT2D eigenvalue weighted by molar-refractivity contribution is -0.0218. The van der Waals surface area contributed by atoms with E-state index in [0.29, 0.717) is 12.3 Å². The van der Waals surface area contributed by atoms with Gasteiger partial charge in [0.2, 0.25) is 0 Å². The molecule has 118 valence electrons. The van der Waals surface area contributed by atoms with Crippen LogP contribution in [0.1, 0.15) is 24.8 Å². The summed E-state index contributed by atoms with van der Waals surface area (Å²) in [5.41, 5.74) is 0.392. The molecule has 0 atom stereocenters. The van der Waals surface area contributed by atoms with E-state index in [0.717, 1.165) is 51.6 Å². The smallest absolute Gasteiger partial charge is 0.133 e. The molecule has 1 aliphatic rings. The standard InChI is InChI=1S/C15H22I2N2O2/c1-19-6-3-15(21,4-7-19)2-5-18-10-11-8-12(16)9-13(17)14(11)20/h8-9,18,20-21H,2-7,10H2,1H3. The fourth-order valence-corrected chi connectivity index (χ4v) is 4.55. The Kier molecular flexibility index (Phi) is 6.54. The van der Waals surface area contributed by atoms with Crippen molar-refractivity contribution in [2.24, 2.45) is 0 Å². The molecule has 3 N–H and O–H groups in total. The second-order valence-corrected chi connectivity index (χ2v) is 8.26. The molecular formula is C15H22I2N2O2. The lowest BCUT2D eigenvalue weighted by Gasteiger charge is -2.36. The maximum atomic E-state index is 10.5. The summed E-state index contributed by atoms with van der Waals surface area (Å²) in [5.74, 6) is 0.363. The first-order chi connectivity index (χ1) is 9.89. The summed E-state index contributed by atoms with van der Waals surface area (Å²) in [6.07, 6.45) is 2.46. The number of benzene rings is 1. The Morgan fingerprint density at radius 3 is 2.62 bits per heavy atom. The highest BCUT2D eigenvalue weighted by atomic mass is 127. The predicted molar refractivity (Wildman–Crippen MR) is 102 cm³/mol. The van der Waals surface area contributed by atoms with E-state index in [1.54, 1.807) is 0 Å². The minimum absolute atomic E-state index is 0.363. The van der Waals surface area contributed by atoms with Gasteiger partial charge in [-0.25, -0.2) is 0 Å². The minimum Gasteiger partial charge on any atom is -0.507 e. The summed E-state index contributed by atoms with van der Waals surface area (Å²) < 4.78 is 2.01. The van der Waals surface area contributed by atoms with Crippen LogP contribution in [0.2, 0.25) is 0 Å². The Labute approximate surface area is 153 Å². The monoisotopic (exact) mass is 516 g/mol. The van der Waals surface area contributed by atoms with Crippen LogP contribution in [0.3, 0.4) is 0 Å². The molecule has 0 radical (unpaired) electrons. The highest BCUT2D eigenvalue weighted by molar-refractivity contribution is 14.1. The lowest BCUT2D eigenvalue weighted by Crippen LogP contribution is -2.44. The summed E-state index contributed by atoms with van der Waals surface area (Å²) >= 11 is 4.41. The van der Waals surface area contributed by atoms with Gasteiger partial charge in [0.1, 0.15) is 5.75 Å². The fraction of sp³-hybridized carbons (Fsp3) is 0.600. The molecular weight excluding hydrogens is 494 g/mol. The van der Waals surface area contributed by atoms with E-state index < -0.39 is 5.60 Å². The van der Waals surface area contributed by atoms with E-state index in [-0.39, 0.29) is 0 Å². The number of rotatable bonds is 5. The number of hydrogen-bond acceptors (Lipinski definition) is 4. The number of likely N-dealkylation sites (tertiary alicyclic amines) is 1. The normalized spacial score (nSPS) is 18.9. The fourth-order valence-electron chi connectivity index (χ4n) is 2.58. The van der Waals surface area contributed by atoms with Crippen molar-refractivity contribution in [1.29, 1.82) is 0 Å². The van der Waals surface area contributed by atoms with Crippen molar-refractivity contribution < 1.29 is 10.2 Å². The molecule has 1 aromatic rings. The van der Waals surface area contributed by atoms with Crippen LogP contribution in [0.4, 0.5) is 0 Å². The van der Waals surface area contributed by atoms with E-state index in [2.05, 4.69) is 62.4 Å². The number of aliphatic hydroxyl groups is 1. The first kappa shape index (κ1) is 17.7. The Morgan fingerprint density at radius 2 is 1.95 bits per heavy atom. The Morgan fingerprint density at radius 1 is 1.29 bits per heavy atom. The zero-order valence-electron chi connectivity index (χ0n) is 12.2. The first-order valence-electron chi connectivity index (χ1n) is 7.18. The number of hydrogen-bond donors (Lipinski definition) is 3. The van der Waals surface area contributed by atoms with Gasteiger partial charge in [-0.2, -0.15) is 0 Å². The number of piperidine rings is 1. The molecule has 6 heteroatoms. The quantitative estimate of drug-likeness (QED) is 0.417. The van der Waals surface area contributed by atoms with Crippen molar-refractivity contribution >= 4 is 45.2 Å².